The molecule has 136 valence electrons. The van der Waals surface area contributed by atoms with Crippen molar-refractivity contribution in [1.29, 1.82) is 0 Å². The van der Waals surface area contributed by atoms with Crippen LogP contribution in [0.3, 0.4) is 0 Å². The third-order valence-electron chi connectivity index (χ3n) is 4.79. The molecule has 1 amide bonds. The van der Waals surface area contributed by atoms with Gasteiger partial charge in [-0.25, -0.2) is 9.97 Å². The van der Waals surface area contributed by atoms with Gasteiger partial charge < -0.3 is 19.5 Å². The molecule has 1 N–H and O–H groups in total. The van der Waals surface area contributed by atoms with E-state index in [4.69, 9.17) is 4.74 Å². The molecule has 4 heterocycles. The SMILES string of the molecule is O=C(c1ccc[nH]c1=O)N1CCO[C@H](c2ccnc(N3CCCC3)n2)C1. The summed E-state index contributed by atoms with van der Waals surface area (Å²) in [6.45, 7) is 3.16. The number of rotatable bonds is 3. The number of H-pyrrole nitrogens is 1. The first kappa shape index (κ1) is 16.7. The molecule has 2 aromatic rings. The van der Waals surface area contributed by atoms with Crippen molar-refractivity contribution in [2.75, 3.05) is 37.7 Å². The summed E-state index contributed by atoms with van der Waals surface area (Å²) in [5.74, 6) is 0.431. The summed E-state index contributed by atoms with van der Waals surface area (Å²) < 4.78 is 5.84. The summed E-state index contributed by atoms with van der Waals surface area (Å²) in [4.78, 5) is 39.9. The van der Waals surface area contributed by atoms with E-state index in [1.54, 1.807) is 23.2 Å². The van der Waals surface area contributed by atoms with Crippen molar-refractivity contribution < 1.29 is 9.53 Å². The molecule has 2 fully saturated rings. The molecule has 8 heteroatoms. The molecule has 0 aliphatic carbocycles. The molecule has 1 atom stereocenters. The van der Waals surface area contributed by atoms with Gasteiger partial charge in [0, 0.05) is 32.0 Å². The van der Waals surface area contributed by atoms with Crippen LogP contribution in [-0.2, 0) is 4.74 Å². The maximum atomic E-state index is 12.7. The molecule has 2 aliphatic heterocycles. The van der Waals surface area contributed by atoms with E-state index >= 15 is 0 Å². The summed E-state index contributed by atoms with van der Waals surface area (Å²) in [5, 5.41) is 0. The van der Waals surface area contributed by atoms with Gasteiger partial charge in [-0.15, -0.1) is 0 Å². The number of nitrogens with one attached hydrogen (secondary N) is 1. The molecule has 0 spiro atoms. The van der Waals surface area contributed by atoms with Gasteiger partial charge in [-0.3, -0.25) is 9.59 Å². The highest BCUT2D eigenvalue weighted by Gasteiger charge is 2.28. The van der Waals surface area contributed by atoms with Crippen molar-refractivity contribution in [3.63, 3.8) is 0 Å². The lowest BCUT2D eigenvalue weighted by Gasteiger charge is -2.32. The maximum absolute atomic E-state index is 12.7. The molecule has 0 unspecified atom stereocenters. The second-order valence-electron chi connectivity index (χ2n) is 6.50. The first-order valence-corrected chi connectivity index (χ1v) is 8.89. The van der Waals surface area contributed by atoms with Crippen LogP contribution in [0.15, 0.2) is 35.4 Å². The second-order valence-corrected chi connectivity index (χ2v) is 6.50. The van der Waals surface area contributed by atoms with E-state index in [9.17, 15) is 9.59 Å². The first-order valence-electron chi connectivity index (χ1n) is 8.89. The predicted octanol–water partition coefficient (Wildman–Crippen LogP) is 0.979. The first-order chi connectivity index (χ1) is 12.7. The van der Waals surface area contributed by atoms with Gasteiger partial charge in [0.25, 0.3) is 11.5 Å². The Morgan fingerprint density at radius 2 is 2.08 bits per heavy atom. The van der Waals surface area contributed by atoms with Crippen molar-refractivity contribution in [1.82, 2.24) is 19.9 Å². The Labute approximate surface area is 150 Å². The van der Waals surface area contributed by atoms with Crippen LogP contribution in [0.1, 0.15) is 35.0 Å². The standard InChI is InChI=1S/C18H21N5O3/c24-16-13(4-3-6-19-16)17(25)23-10-11-26-15(12-23)14-5-7-20-18(21-14)22-8-1-2-9-22/h3-7,15H,1-2,8-12H2,(H,19,24)/t15-/m0/s1. The van der Waals surface area contributed by atoms with Crippen molar-refractivity contribution in [2.24, 2.45) is 0 Å². The fraction of sp³-hybridized carbons (Fsp3) is 0.444. The molecule has 0 aromatic carbocycles. The fourth-order valence-electron chi connectivity index (χ4n) is 3.38. The summed E-state index contributed by atoms with van der Waals surface area (Å²) in [7, 11) is 0. The van der Waals surface area contributed by atoms with E-state index in [0.29, 0.717) is 25.6 Å². The van der Waals surface area contributed by atoms with Crippen LogP contribution in [-0.4, -0.2) is 58.5 Å². The molecule has 4 rings (SSSR count). The van der Waals surface area contributed by atoms with Crippen LogP contribution in [0.5, 0.6) is 0 Å². The van der Waals surface area contributed by atoms with Gasteiger partial charge in [-0.1, -0.05) is 0 Å². The Bertz CT molecular complexity index is 846. The third-order valence-corrected chi connectivity index (χ3v) is 4.79. The van der Waals surface area contributed by atoms with E-state index in [0.717, 1.165) is 31.6 Å². The molecule has 8 nitrogen and oxygen atoms in total. The minimum Gasteiger partial charge on any atom is -0.368 e. The summed E-state index contributed by atoms with van der Waals surface area (Å²) in [6, 6.07) is 5.02. The van der Waals surface area contributed by atoms with Crippen molar-refractivity contribution in [3.05, 3.63) is 52.2 Å². The van der Waals surface area contributed by atoms with E-state index in [2.05, 4.69) is 19.9 Å². The van der Waals surface area contributed by atoms with Crippen LogP contribution in [0.4, 0.5) is 5.95 Å². The van der Waals surface area contributed by atoms with Gasteiger partial charge >= 0.3 is 0 Å². The third kappa shape index (κ3) is 3.32. The minimum atomic E-state index is -0.376. The number of hydrogen-bond acceptors (Lipinski definition) is 6. The zero-order valence-corrected chi connectivity index (χ0v) is 14.4. The smallest absolute Gasteiger partial charge is 0.260 e. The number of ether oxygens (including phenoxy) is 1. The van der Waals surface area contributed by atoms with Crippen LogP contribution in [0.2, 0.25) is 0 Å². The molecule has 0 bridgehead atoms. The average molecular weight is 355 g/mol. The Balaban J connectivity index is 1.52. The molecule has 0 radical (unpaired) electrons. The topological polar surface area (TPSA) is 91.4 Å². The molecular formula is C18H21N5O3. The Hall–Kier alpha value is -2.74. The van der Waals surface area contributed by atoms with Crippen molar-refractivity contribution in [2.45, 2.75) is 18.9 Å². The lowest BCUT2D eigenvalue weighted by atomic mass is 10.1. The van der Waals surface area contributed by atoms with Gasteiger partial charge in [0.2, 0.25) is 5.95 Å². The molecule has 2 aliphatic rings. The number of pyridine rings is 1. The zero-order valence-electron chi connectivity index (χ0n) is 14.4. The lowest BCUT2D eigenvalue weighted by molar-refractivity contribution is -0.0248. The molecular weight excluding hydrogens is 334 g/mol. The quantitative estimate of drug-likeness (QED) is 0.882. The highest BCUT2D eigenvalue weighted by Crippen LogP contribution is 2.23. The summed E-state index contributed by atoms with van der Waals surface area (Å²) >= 11 is 0. The van der Waals surface area contributed by atoms with E-state index in [1.807, 2.05) is 6.07 Å². The number of hydrogen-bond donors (Lipinski definition) is 1. The zero-order chi connectivity index (χ0) is 17.9. The largest absolute Gasteiger partial charge is 0.368 e. The Kier molecular flexibility index (Phi) is 4.66. The van der Waals surface area contributed by atoms with Gasteiger partial charge in [0.15, 0.2) is 0 Å². The van der Waals surface area contributed by atoms with Crippen LogP contribution in [0.25, 0.3) is 0 Å². The van der Waals surface area contributed by atoms with Gasteiger partial charge in [-0.2, -0.15) is 0 Å². The number of morpholine rings is 1. The Morgan fingerprint density at radius 1 is 1.23 bits per heavy atom. The highest BCUT2D eigenvalue weighted by molar-refractivity contribution is 5.93. The number of amides is 1. The number of carbonyl (C=O) groups is 1. The Morgan fingerprint density at radius 3 is 2.88 bits per heavy atom. The highest BCUT2D eigenvalue weighted by atomic mass is 16.5. The lowest BCUT2D eigenvalue weighted by Crippen LogP contribution is -2.44. The van der Waals surface area contributed by atoms with E-state index < -0.39 is 0 Å². The number of carbonyl (C=O) groups excluding carboxylic acids is 1. The van der Waals surface area contributed by atoms with Gasteiger partial charge in [0.05, 0.1) is 18.8 Å². The number of aromatic amines is 1. The maximum Gasteiger partial charge on any atom is 0.260 e. The minimum absolute atomic E-state index is 0.147. The van der Waals surface area contributed by atoms with Gasteiger partial charge in [0.1, 0.15) is 11.7 Å². The molecule has 0 saturated carbocycles. The normalized spacial score (nSPS) is 20.4. The number of nitrogens with zero attached hydrogens (tertiary/aromatic N) is 4. The molecule has 26 heavy (non-hydrogen) atoms. The van der Waals surface area contributed by atoms with Crippen molar-refractivity contribution in [3.8, 4) is 0 Å². The predicted molar refractivity (Wildman–Crippen MR) is 95.1 cm³/mol. The van der Waals surface area contributed by atoms with Crippen molar-refractivity contribution >= 4 is 11.9 Å². The molecule has 2 saturated heterocycles. The molecule has 2 aromatic heterocycles. The average Bonchev–Trinajstić information content (AvgIpc) is 3.23. The second kappa shape index (κ2) is 7.25. The van der Waals surface area contributed by atoms with E-state index in [1.165, 1.54) is 6.20 Å². The van der Waals surface area contributed by atoms with Crippen LogP contribution in [0, 0.1) is 0 Å². The number of aromatic nitrogens is 3. The van der Waals surface area contributed by atoms with E-state index in [-0.39, 0.29) is 23.1 Å². The van der Waals surface area contributed by atoms with Crippen LogP contribution < -0.4 is 10.5 Å². The van der Waals surface area contributed by atoms with Gasteiger partial charge in [-0.05, 0) is 31.0 Å². The fourth-order valence-corrected chi connectivity index (χ4v) is 3.38. The number of anilines is 1. The monoisotopic (exact) mass is 355 g/mol. The van der Waals surface area contributed by atoms with Crippen LogP contribution >= 0.6 is 0 Å². The summed E-state index contributed by atoms with van der Waals surface area (Å²) in [6.07, 6.45) is 5.24. The summed E-state index contributed by atoms with van der Waals surface area (Å²) in [5.41, 5.74) is 0.536.